The van der Waals surface area contributed by atoms with E-state index in [1.165, 1.54) is 0 Å². The summed E-state index contributed by atoms with van der Waals surface area (Å²) in [4.78, 5) is 13.9. The van der Waals surface area contributed by atoms with Gasteiger partial charge in [0.1, 0.15) is 0 Å². The first kappa shape index (κ1) is 15.1. The van der Waals surface area contributed by atoms with Crippen LogP contribution in [0.3, 0.4) is 0 Å². The fourth-order valence-corrected chi connectivity index (χ4v) is 3.13. The van der Waals surface area contributed by atoms with Gasteiger partial charge >= 0.3 is 0 Å². The Morgan fingerprint density at radius 1 is 0.864 bits per heavy atom. The number of rotatable bonds is 4. The molecule has 1 fully saturated rings. The van der Waals surface area contributed by atoms with Gasteiger partial charge in [-0.15, -0.1) is 0 Å². The predicted octanol–water partition coefficient (Wildman–Crippen LogP) is 2.43. The zero-order chi connectivity index (χ0) is 15.2. The van der Waals surface area contributed by atoms with E-state index in [0.717, 1.165) is 50.7 Å². The average molecular weight is 296 g/mol. The zero-order valence-electron chi connectivity index (χ0n) is 13.2. The van der Waals surface area contributed by atoms with Crippen LogP contribution in [0.2, 0.25) is 0 Å². The lowest BCUT2D eigenvalue weighted by molar-refractivity contribution is 0.244. The SMILES string of the molecule is CC1CN(Cc2ccccn2)CCN(Cc2ccccn2)C1. The molecule has 0 saturated carbocycles. The van der Waals surface area contributed by atoms with Crippen molar-refractivity contribution in [3.63, 3.8) is 0 Å². The Balaban J connectivity index is 1.58. The summed E-state index contributed by atoms with van der Waals surface area (Å²) in [6.07, 6.45) is 3.76. The Bertz CT molecular complexity index is 506. The predicted molar refractivity (Wildman–Crippen MR) is 88.2 cm³/mol. The van der Waals surface area contributed by atoms with E-state index < -0.39 is 0 Å². The summed E-state index contributed by atoms with van der Waals surface area (Å²) in [5.41, 5.74) is 2.32. The Morgan fingerprint density at radius 3 is 1.77 bits per heavy atom. The van der Waals surface area contributed by atoms with E-state index in [-0.39, 0.29) is 0 Å². The van der Waals surface area contributed by atoms with Crippen LogP contribution in [-0.4, -0.2) is 45.9 Å². The maximum atomic E-state index is 4.45. The second kappa shape index (κ2) is 7.47. The van der Waals surface area contributed by atoms with Crippen LogP contribution in [0, 0.1) is 5.92 Å². The van der Waals surface area contributed by atoms with E-state index in [4.69, 9.17) is 0 Å². The molecule has 0 spiro atoms. The monoisotopic (exact) mass is 296 g/mol. The topological polar surface area (TPSA) is 32.3 Å². The van der Waals surface area contributed by atoms with Crippen LogP contribution in [0.25, 0.3) is 0 Å². The molecule has 4 nitrogen and oxygen atoms in total. The van der Waals surface area contributed by atoms with Crippen molar-refractivity contribution < 1.29 is 0 Å². The van der Waals surface area contributed by atoms with Crippen molar-refractivity contribution in [3.8, 4) is 0 Å². The normalized spacial score (nSPS) is 18.2. The summed E-state index contributed by atoms with van der Waals surface area (Å²) in [5.74, 6) is 0.662. The molecule has 0 aliphatic carbocycles. The van der Waals surface area contributed by atoms with Crippen molar-refractivity contribution in [3.05, 3.63) is 60.2 Å². The Morgan fingerprint density at radius 2 is 1.36 bits per heavy atom. The number of aromatic nitrogens is 2. The molecule has 0 atom stereocenters. The van der Waals surface area contributed by atoms with Crippen molar-refractivity contribution >= 4 is 0 Å². The second-order valence-electron chi connectivity index (χ2n) is 6.22. The van der Waals surface area contributed by atoms with Crippen molar-refractivity contribution in [2.45, 2.75) is 20.0 Å². The Kier molecular flexibility index (Phi) is 5.14. The van der Waals surface area contributed by atoms with Crippen molar-refractivity contribution in [1.29, 1.82) is 0 Å². The maximum Gasteiger partial charge on any atom is 0.0543 e. The molecule has 0 N–H and O–H groups in total. The molecule has 1 saturated heterocycles. The lowest BCUT2D eigenvalue weighted by atomic mass is 10.1. The molecule has 3 rings (SSSR count). The number of hydrogen-bond acceptors (Lipinski definition) is 4. The zero-order valence-corrected chi connectivity index (χ0v) is 13.2. The summed E-state index contributed by atoms with van der Waals surface area (Å²) in [5, 5.41) is 0. The third-order valence-corrected chi connectivity index (χ3v) is 4.10. The molecule has 3 heterocycles. The summed E-state index contributed by atoms with van der Waals surface area (Å²) in [6.45, 7) is 8.68. The van der Waals surface area contributed by atoms with Gasteiger partial charge < -0.3 is 0 Å². The molecule has 1 aliphatic rings. The molecular formula is C18H24N4. The van der Waals surface area contributed by atoms with Gasteiger partial charge in [0.25, 0.3) is 0 Å². The summed E-state index contributed by atoms with van der Waals surface area (Å²) >= 11 is 0. The highest BCUT2D eigenvalue weighted by Gasteiger charge is 2.20. The molecule has 0 bridgehead atoms. The highest BCUT2D eigenvalue weighted by Crippen LogP contribution is 2.13. The molecule has 0 amide bonds. The van der Waals surface area contributed by atoms with Crippen LogP contribution < -0.4 is 0 Å². The highest BCUT2D eigenvalue weighted by molar-refractivity contribution is 5.04. The van der Waals surface area contributed by atoms with Gasteiger partial charge in [-0.3, -0.25) is 19.8 Å². The number of nitrogens with zero attached hydrogens (tertiary/aromatic N) is 4. The molecule has 22 heavy (non-hydrogen) atoms. The van der Waals surface area contributed by atoms with Crippen LogP contribution >= 0.6 is 0 Å². The first-order chi connectivity index (χ1) is 10.8. The van der Waals surface area contributed by atoms with Gasteiger partial charge in [-0.05, 0) is 30.2 Å². The second-order valence-corrected chi connectivity index (χ2v) is 6.22. The van der Waals surface area contributed by atoms with Crippen LogP contribution in [0.5, 0.6) is 0 Å². The molecule has 0 radical (unpaired) electrons. The lowest BCUT2D eigenvalue weighted by Crippen LogP contribution is -2.30. The van der Waals surface area contributed by atoms with Crippen molar-refractivity contribution in [1.82, 2.24) is 19.8 Å². The molecule has 116 valence electrons. The Hall–Kier alpha value is -1.78. The quantitative estimate of drug-likeness (QED) is 0.867. The van der Waals surface area contributed by atoms with Gasteiger partial charge in [0.2, 0.25) is 0 Å². The van der Waals surface area contributed by atoms with Crippen molar-refractivity contribution in [2.75, 3.05) is 26.2 Å². The highest BCUT2D eigenvalue weighted by atomic mass is 15.2. The fourth-order valence-electron chi connectivity index (χ4n) is 3.13. The number of pyridine rings is 2. The van der Waals surface area contributed by atoms with E-state index in [9.17, 15) is 0 Å². The van der Waals surface area contributed by atoms with Crippen LogP contribution in [0.15, 0.2) is 48.8 Å². The minimum atomic E-state index is 0.662. The first-order valence-electron chi connectivity index (χ1n) is 8.04. The fraction of sp³-hybridized carbons (Fsp3) is 0.444. The van der Waals surface area contributed by atoms with Gasteiger partial charge in [0.05, 0.1) is 11.4 Å². The van der Waals surface area contributed by atoms with E-state index in [0.29, 0.717) is 5.92 Å². The molecule has 2 aromatic rings. The standard InChI is InChI=1S/C18H24N4/c1-16-12-21(14-17-6-2-4-8-19-17)10-11-22(13-16)15-18-7-3-5-9-20-18/h2-9,16H,10-15H2,1H3. The van der Waals surface area contributed by atoms with E-state index in [2.05, 4.69) is 51.0 Å². The molecule has 2 aromatic heterocycles. The third kappa shape index (κ3) is 4.36. The largest absolute Gasteiger partial charge is 0.296 e. The van der Waals surface area contributed by atoms with Crippen LogP contribution in [0.4, 0.5) is 0 Å². The summed E-state index contributed by atoms with van der Waals surface area (Å²) < 4.78 is 0. The van der Waals surface area contributed by atoms with Gasteiger partial charge in [0, 0.05) is 51.7 Å². The maximum absolute atomic E-state index is 4.45. The average Bonchev–Trinajstić information content (AvgIpc) is 2.70. The van der Waals surface area contributed by atoms with Gasteiger partial charge in [0.15, 0.2) is 0 Å². The molecule has 1 aliphatic heterocycles. The van der Waals surface area contributed by atoms with Crippen LogP contribution in [0.1, 0.15) is 18.3 Å². The summed E-state index contributed by atoms with van der Waals surface area (Å²) in [6, 6.07) is 12.3. The van der Waals surface area contributed by atoms with Gasteiger partial charge in [-0.25, -0.2) is 0 Å². The molecule has 4 heteroatoms. The smallest absolute Gasteiger partial charge is 0.0543 e. The van der Waals surface area contributed by atoms with Gasteiger partial charge in [-0.1, -0.05) is 19.1 Å². The number of hydrogen-bond donors (Lipinski definition) is 0. The Labute approximate surface area is 132 Å². The van der Waals surface area contributed by atoms with E-state index >= 15 is 0 Å². The molecule has 0 aromatic carbocycles. The van der Waals surface area contributed by atoms with Crippen LogP contribution in [-0.2, 0) is 13.1 Å². The first-order valence-corrected chi connectivity index (χ1v) is 8.04. The summed E-state index contributed by atoms with van der Waals surface area (Å²) in [7, 11) is 0. The van der Waals surface area contributed by atoms with Crippen molar-refractivity contribution in [2.24, 2.45) is 5.92 Å². The minimum absolute atomic E-state index is 0.662. The lowest BCUT2D eigenvalue weighted by Gasteiger charge is -2.21. The molecular weight excluding hydrogens is 272 g/mol. The minimum Gasteiger partial charge on any atom is -0.296 e. The van der Waals surface area contributed by atoms with E-state index in [1.54, 1.807) is 0 Å². The van der Waals surface area contributed by atoms with E-state index in [1.807, 2.05) is 24.5 Å². The molecule has 0 unspecified atom stereocenters. The third-order valence-electron chi connectivity index (χ3n) is 4.10. The van der Waals surface area contributed by atoms with Gasteiger partial charge in [-0.2, -0.15) is 0 Å².